The summed E-state index contributed by atoms with van der Waals surface area (Å²) in [5, 5.41) is 2.27. The molecule has 68 valence electrons. The van der Waals surface area contributed by atoms with Crippen molar-refractivity contribution in [3.63, 3.8) is 0 Å². The second kappa shape index (κ2) is 2.58. The van der Waals surface area contributed by atoms with Crippen LogP contribution in [0.4, 0.5) is 0 Å². The summed E-state index contributed by atoms with van der Waals surface area (Å²) in [6.07, 6.45) is 1.78. The molecule has 0 unspecified atom stereocenters. The fourth-order valence-electron chi connectivity index (χ4n) is 1.80. The number of fused-ring (bicyclic) bond motifs is 3. The van der Waals surface area contributed by atoms with Gasteiger partial charge in [0.1, 0.15) is 5.58 Å². The summed E-state index contributed by atoms with van der Waals surface area (Å²) in [7, 11) is 0. The predicted octanol–water partition coefficient (Wildman–Crippen LogP) is 3.29. The quantitative estimate of drug-likeness (QED) is 0.534. The van der Waals surface area contributed by atoms with Crippen molar-refractivity contribution in [2.75, 3.05) is 0 Å². The molecule has 2 aromatic heterocycles. The molecule has 0 spiro atoms. The van der Waals surface area contributed by atoms with Gasteiger partial charge in [-0.3, -0.25) is 0 Å². The minimum absolute atomic E-state index is 0.728. The first-order valence-corrected chi connectivity index (χ1v) is 4.59. The second-order valence-corrected chi connectivity index (χ2v) is 3.41. The number of para-hydroxylation sites is 1. The van der Waals surface area contributed by atoms with E-state index in [1.165, 1.54) is 5.56 Å². The van der Waals surface area contributed by atoms with E-state index in [0.29, 0.717) is 0 Å². The van der Waals surface area contributed by atoms with Crippen molar-refractivity contribution >= 4 is 22.1 Å². The fraction of sp³-hybridized carbons (Fsp3) is 0.0833. The molecule has 2 heteroatoms. The standard InChI is InChI=1S/C12H9NO/c1-8-6-7-13-12-11(8)9-4-2-3-5-10(9)14-12/h2-7H,1H3. The molecule has 1 aromatic carbocycles. The van der Waals surface area contributed by atoms with Gasteiger partial charge in [0, 0.05) is 11.6 Å². The first-order chi connectivity index (χ1) is 6.86. The number of hydrogen-bond donors (Lipinski definition) is 0. The number of aromatic nitrogens is 1. The van der Waals surface area contributed by atoms with Crippen molar-refractivity contribution in [3.05, 3.63) is 42.1 Å². The molecule has 0 bridgehead atoms. The minimum atomic E-state index is 0.728. The van der Waals surface area contributed by atoms with Gasteiger partial charge in [-0.2, -0.15) is 0 Å². The van der Waals surface area contributed by atoms with E-state index in [-0.39, 0.29) is 0 Å². The van der Waals surface area contributed by atoms with Crippen LogP contribution < -0.4 is 0 Å². The van der Waals surface area contributed by atoms with Crippen LogP contribution in [0.25, 0.3) is 22.1 Å². The van der Waals surface area contributed by atoms with Crippen LogP contribution in [-0.4, -0.2) is 4.98 Å². The molecule has 0 aliphatic rings. The zero-order valence-electron chi connectivity index (χ0n) is 7.82. The minimum Gasteiger partial charge on any atom is -0.438 e. The molecule has 2 heterocycles. The molecule has 2 nitrogen and oxygen atoms in total. The van der Waals surface area contributed by atoms with E-state index in [4.69, 9.17) is 4.42 Å². The van der Waals surface area contributed by atoms with Crippen LogP contribution in [0.5, 0.6) is 0 Å². The Bertz CT molecular complexity index is 610. The van der Waals surface area contributed by atoms with E-state index in [0.717, 1.165) is 22.1 Å². The molecule has 0 saturated heterocycles. The lowest BCUT2D eigenvalue weighted by Crippen LogP contribution is -1.76. The highest BCUT2D eigenvalue weighted by atomic mass is 16.3. The lowest BCUT2D eigenvalue weighted by Gasteiger charge is -1.92. The van der Waals surface area contributed by atoms with Crippen molar-refractivity contribution in [2.45, 2.75) is 6.92 Å². The number of aryl methyl sites for hydroxylation is 1. The van der Waals surface area contributed by atoms with Gasteiger partial charge in [0.05, 0.1) is 5.39 Å². The number of pyridine rings is 1. The third kappa shape index (κ3) is 0.880. The second-order valence-electron chi connectivity index (χ2n) is 3.41. The van der Waals surface area contributed by atoms with Crippen molar-refractivity contribution in [3.8, 4) is 0 Å². The van der Waals surface area contributed by atoms with Crippen LogP contribution in [-0.2, 0) is 0 Å². The van der Waals surface area contributed by atoms with Crippen molar-refractivity contribution in [1.82, 2.24) is 4.98 Å². The number of nitrogens with zero attached hydrogens (tertiary/aromatic N) is 1. The van der Waals surface area contributed by atoms with Crippen LogP contribution in [0.3, 0.4) is 0 Å². The smallest absolute Gasteiger partial charge is 0.227 e. The van der Waals surface area contributed by atoms with E-state index in [9.17, 15) is 0 Å². The van der Waals surface area contributed by atoms with Crippen LogP contribution in [0, 0.1) is 6.92 Å². The van der Waals surface area contributed by atoms with Crippen LogP contribution in [0.2, 0.25) is 0 Å². The zero-order valence-corrected chi connectivity index (χ0v) is 7.82. The number of benzene rings is 1. The zero-order chi connectivity index (χ0) is 9.54. The molecule has 0 N–H and O–H groups in total. The van der Waals surface area contributed by atoms with Gasteiger partial charge in [0.15, 0.2) is 0 Å². The Labute approximate surface area is 81.2 Å². The molecule has 0 saturated carbocycles. The number of rotatable bonds is 0. The highest BCUT2D eigenvalue weighted by Gasteiger charge is 2.08. The molecule has 0 atom stereocenters. The van der Waals surface area contributed by atoms with Gasteiger partial charge in [-0.25, -0.2) is 4.98 Å². The van der Waals surface area contributed by atoms with E-state index >= 15 is 0 Å². The molecule has 3 aromatic rings. The maximum absolute atomic E-state index is 5.62. The summed E-state index contributed by atoms with van der Waals surface area (Å²) < 4.78 is 5.62. The van der Waals surface area contributed by atoms with E-state index in [1.54, 1.807) is 6.20 Å². The van der Waals surface area contributed by atoms with Crippen LogP contribution in [0.15, 0.2) is 40.9 Å². The largest absolute Gasteiger partial charge is 0.438 e. The molecule has 3 rings (SSSR count). The Balaban J connectivity index is 2.65. The maximum atomic E-state index is 5.62. The van der Waals surface area contributed by atoms with Crippen molar-refractivity contribution < 1.29 is 4.42 Å². The topological polar surface area (TPSA) is 26.0 Å². The van der Waals surface area contributed by atoms with Gasteiger partial charge >= 0.3 is 0 Å². The highest BCUT2D eigenvalue weighted by Crippen LogP contribution is 2.28. The summed E-state index contributed by atoms with van der Waals surface area (Å²) in [5.74, 6) is 0. The monoisotopic (exact) mass is 183 g/mol. The molecule has 0 amide bonds. The van der Waals surface area contributed by atoms with Gasteiger partial charge in [-0.1, -0.05) is 18.2 Å². The summed E-state index contributed by atoms with van der Waals surface area (Å²) in [6.45, 7) is 2.08. The summed E-state index contributed by atoms with van der Waals surface area (Å²) in [4.78, 5) is 4.21. The van der Waals surface area contributed by atoms with Gasteiger partial charge in [-0.15, -0.1) is 0 Å². The molecular weight excluding hydrogens is 174 g/mol. The van der Waals surface area contributed by atoms with Gasteiger partial charge in [0.2, 0.25) is 5.71 Å². The average molecular weight is 183 g/mol. The van der Waals surface area contributed by atoms with Gasteiger partial charge in [0.25, 0.3) is 0 Å². The first kappa shape index (κ1) is 7.56. The van der Waals surface area contributed by atoms with Crippen LogP contribution in [0.1, 0.15) is 5.56 Å². The summed E-state index contributed by atoms with van der Waals surface area (Å²) in [6, 6.07) is 10.0. The number of hydrogen-bond acceptors (Lipinski definition) is 2. The molecule has 0 aliphatic heterocycles. The summed E-state index contributed by atoms with van der Waals surface area (Å²) in [5.41, 5.74) is 2.84. The maximum Gasteiger partial charge on any atom is 0.227 e. The molecule has 0 radical (unpaired) electrons. The van der Waals surface area contributed by atoms with Crippen LogP contribution >= 0.6 is 0 Å². The van der Waals surface area contributed by atoms with Gasteiger partial charge < -0.3 is 4.42 Å². The Morgan fingerprint density at radius 2 is 2.00 bits per heavy atom. The lowest BCUT2D eigenvalue weighted by molar-refractivity contribution is 0.654. The number of furan rings is 1. The molecule has 14 heavy (non-hydrogen) atoms. The normalized spacial score (nSPS) is 11.2. The third-order valence-corrected chi connectivity index (χ3v) is 2.49. The fourth-order valence-corrected chi connectivity index (χ4v) is 1.80. The van der Waals surface area contributed by atoms with E-state index < -0.39 is 0 Å². The van der Waals surface area contributed by atoms with Crippen molar-refractivity contribution in [1.29, 1.82) is 0 Å². The molecule has 0 fully saturated rings. The predicted molar refractivity (Wildman–Crippen MR) is 56.3 cm³/mol. The Morgan fingerprint density at radius 3 is 2.93 bits per heavy atom. The third-order valence-electron chi connectivity index (χ3n) is 2.49. The first-order valence-electron chi connectivity index (χ1n) is 4.59. The average Bonchev–Trinajstić information content (AvgIpc) is 2.57. The molecule has 0 aliphatic carbocycles. The van der Waals surface area contributed by atoms with E-state index in [1.807, 2.05) is 24.3 Å². The Kier molecular flexibility index (Phi) is 1.39. The van der Waals surface area contributed by atoms with Crippen molar-refractivity contribution in [2.24, 2.45) is 0 Å². The van der Waals surface area contributed by atoms with E-state index in [2.05, 4.69) is 18.0 Å². The SMILES string of the molecule is Cc1ccnc2oc3ccccc3c12. The Morgan fingerprint density at radius 1 is 1.14 bits per heavy atom. The highest BCUT2D eigenvalue weighted by molar-refractivity contribution is 6.05. The molecular formula is C12H9NO. The Hall–Kier alpha value is -1.83. The summed E-state index contributed by atoms with van der Waals surface area (Å²) >= 11 is 0. The van der Waals surface area contributed by atoms with Gasteiger partial charge in [-0.05, 0) is 24.6 Å². The lowest BCUT2D eigenvalue weighted by atomic mass is 10.1.